The molecule has 0 bridgehead atoms. The normalized spacial score (nSPS) is 12.2. The lowest BCUT2D eigenvalue weighted by Crippen LogP contribution is -2.54. The van der Waals surface area contributed by atoms with Crippen LogP contribution in [0.1, 0.15) is 11.1 Å². The molecule has 0 saturated carbocycles. The van der Waals surface area contributed by atoms with Gasteiger partial charge in [-0.3, -0.25) is 19.0 Å². The molecule has 2 aromatic carbocycles. The SMILES string of the molecule is COc1ccc(/C=c2/c(=O)[nH]/c(=C\c3ccccc3)c(=O)n2CC(=O)O)cc1. The molecule has 0 aliphatic rings. The number of aliphatic carboxylic acids is 1. The van der Waals surface area contributed by atoms with E-state index in [2.05, 4.69) is 4.98 Å². The molecule has 3 rings (SSSR count). The summed E-state index contributed by atoms with van der Waals surface area (Å²) in [6.45, 7) is -0.625. The number of carboxylic acid groups (broad SMARTS) is 1. The first-order chi connectivity index (χ1) is 13.5. The van der Waals surface area contributed by atoms with Gasteiger partial charge < -0.3 is 14.8 Å². The maximum absolute atomic E-state index is 12.8. The topological polar surface area (TPSA) is 101 Å². The minimum Gasteiger partial charge on any atom is -0.497 e. The van der Waals surface area contributed by atoms with Crippen LogP contribution in [0.15, 0.2) is 64.2 Å². The van der Waals surface area contributed by atoms with Gasteiger partial charge in [0.1, 0.15) is 23.0 Å². The zero-order valence-corrected chi connectivity index (χ0v) is 15.1. The fourth-order valence-corrected chi connectivity index (χ4v) is 2.72. The maximum Gasteiger partial charge on any atom is 0.323 e. The Kier molecular flexibility index (Phi) is 5.55. The number of methoxy groups -OCH3 is 1. The first-order valence-electron chi connectivity index (χ1n) is 8.45. The van der Waals surface area contributed by atoms with Crippen molar-refractivity contribution in [3.63, 3.8) is 0 Å². The van der Waals surface area contributed by atoms with Crippen LogP contribution < -0.4 is 26.6 Å². The number of benzene rings is 2. The summed E-state index contributed by atoms with van der Waals surface area (Å²) in [5.74, 6) is -0.579. The van der Waals surface area contributed by atoms with Gasteiger partial charge in [-0.2, -0.15) is 0 Å². The van der Waals surface area contributed by atoms with E-state index in [4.69, 9.17) is 4.74 Å². The van der Waals surface area contributed by atoms with Gasteiger partial charge in [0.15, 0.2) is 0 Å². The van der Waals surface area contributed by atoms with Crippen molar-refractivity contribution in [2.75, 3.05) is 7.11 Å². The second-order valence-electron chi connectivity index (χ2n) is 6.01. The summed E-state index contributed by atoms with van der Waals surface area (Å²) in [6, 6.07) is 15.8. The molecule has 2 N–H and O–H groups in total. The third-order valence-corrected chi connectivity index (χ3v) is 4.07. The number of carboxylic acids is 1. The van der Waals surface area contributed by atoms with Crippen molar-refractivity contribution in [2.24, 2.45) is 0 Å². The Balaban J connectivity index is 2.25. The molecule has 0 aliphatic heterocycles. The Labute approximate surface area is 159 Å². The van der Waals surface area contributed by atoms with Crippen molar-refractivity contribution < 1.29 is 14.6 Å². The molecule has 1 heterocycles. The lowest BCUT2D eigenvalue weighted by Gasteiger charge is -2.05. The molecule has 7 heteroatoms. The first-order valence-corrected chi connectivity index (χ1v) is 8.45. The van der Waals surface area contributed by atoms with Gasteiger partial charge in [0.25, 0.3) is 11.1 Å². The van der Waals surface area contributed by atoms with Gasteiger partial charge in [-0.05, 0) is 35.4 Å². The van der Waals surface area contributed by atoms with Crippen LogP contribution in [0.25, 0.3) is 12.2 Å². The fraction of sp³-hybridized carbons (Fsp3) is 0.0952. The summed E-state index contributed by atoms with van der Waals surface area (Å²) < 4.78 is 6.05. The monoisotopic (exact) mass is 378 g/mol. The molecular formula is C21H18N2O5. The molecule has 0 atom stereocenters. The van der Waals surface area contributed by atoms with E-state index in [-0.39, 0.29) is 10.7 Å². The number of hydrogen-bond acceptors (Lipinski definition) is 4. The van der Waals surface area contributed by atoms with Gasteiger partial charge in [-0.1, -0.05) is 42.5 Å². The van der Waals surface area contributed by atoms with E-state index in [9.17, 15) is 19.5 Å². The summed E-state index contributed by atoms with van der Waals surface area (Å²) in [6.07, 6.45) is 2.98. The van der Waals surface area contributed by atoms with Crippen LogP contribution in [-0.2, 0) is 11.3 Å². The van der Waals surface area contributed by atoms with Crippen LogP contribution in [0.2, 0.25) is 0 Å². The predicted octanol–water partition coefficient (Wildman–Crippen LogP) is 0.287. The van der Waals surface area contributed by atoms with Crippen LogP contribution in [0.4, 0.5) is 0 Å². The van der Waals surface area contributed by atoms with E-state index in [1.165, 1.54) is 19.3 Å². The highest BCUT2D eigenvalue weighted by atomic mass is 16.5. The molecule has 3 aromatic rings. The summed E-state index contributed by atoms with van der Waals surface area (Å²) in [4.78, 5) is 39.3. The second-order valence-corrected chi connectivity index (χ2v) is 6.01. The van der Waals surface area contributed by atoms with E-state index in [1.807, 2.05) is 6.07 Å². The van der Waals surface area contributed by atoms with E-state index in [0.29, 0.717) is 16.9 Å². The Morgan fingerprint density at radius 3 is 2.29 bits per heavy atom. The zero-order chi connectivity index (χ0) is 20.1. The standard InChI is InChI=1S/C21H18N2O5/c1-28-16-9-7-15(8-10-16)12-18-20(26)22-17(11-14-5-3-2-4-6-14)21(27)23(18)13-19(24)25/h2-12H,13H2,1H3,(H,22,26)(H,24,25)/b17-11-,18-12-. The minimum atomic E-state index is -1.22. The molecule has 142 valence electrons. The van der Waals surface area contributed by atoms with Crippen molar-refractivity contribution in [1.82, 2.24) is 9.55 Å². The number of aromatic nitrogens is 2. The largest absolute Gasteiger partial charge is 0.497 e. The van der Waals surface area contributed by atoms with Crippen LogP contribution in [0, 0.1) is 0 Å². The van der Waals surface area contributed by atoms with Gasteiger partial charge in [0, 0.05) is 0 Å². The van der Waals surface area contributed by atoms with Crippen LogP contribution in [0.5, 0.6) is 5.75 Å². The summed E-state index contributed by atoms with van der Waals surface area (Å²) >= 11 is 0. The molecule has 0 aliphatic carbocycles. The molecule has 0 fully saturated rings. The molecular weight excluding hydrogens is 360 g/mol. The lowest BCUT2D eigenvalue weighted by atomic mass is 10.2. The lowest BCUT2D eigenvalue weighted by molar-refractivity contribution is -0.137. The number of carbonyl (C=O) groups is 1. The Hall–Kier alpha value is -3.87. The van der Waals surface area contributed by atoms with E-state index < -0.39 is 23.6 Å². The summed E-state index contributed by atoms with van der Waals surface area (Å²) in [5, 5.41) is 9.19. The Morgan fingerprint density at radius 2 is 1.68 bits per heavy atom. The predicted molar refractivity (Wildman–Crippen MR) is 105 cm³/mol. The van der Waals surface area contributed by atoms with Gasteiger partial charge >= 0.3 is 5.97 Å². The summed E-state index contributed by atoms with van der Waals surface area (Å²) in [7, 11) is 1.54. The highest BCUT2D eigenvalue weighted by Crippen LogP contribution is 2.11. The average molecular weight is 378 g/mol. The highest BCUT2D eigenvalue weighted by molar-refractivity contribution is 5.66. The number of nitrogens with one attached hydrogen (secondary N) is 1. The van der Waals surface area contributed by atoms with Crippen molar-refractivity contribution in [3.8, 4) is 5.75 Å². The number of rotatable bonds is 5. The van der Waals surface area contributed by atoms with E-state index in [0.717, 1.165) is 4.57 Å². The maximum atomic E-state index is 12.8. The average Bonchev–Trinajstić information content (AvgIpc) is 2.69. The smallest absolute Gasteiger partial charge is 0.323 e. The summed E-state index contributed by atoms with van der Waals surface area (Å²) in [5.41, 5.74) is 0.193. The quantitative estimate of drug-likeness (QED) is 0.664. The van der Waals surface area contributed by atoms with E-state index in [1.54, 1.807) is 48.5 Å². The van der Waals surface area contributed by atoms with Crippen molar-refractivity contribution >= 4 is 18.1 Å². The number of H-pyrrole nitrogens is 1. The molecule has 0 radical (unpaired) electrons. The minimum absolute atomic E-state index is 0.0179. The fourth-order valence-electron chi connectivity index (χ4n) is 2.72. The van der Waals surface area contributed by atoms with Gasteiger partial charge in [-0.25, -0.2) is 0 Å². The molecule has 0 amide bonds. The van der Waals surface area contributed by atoms with Crippen molar-refractivity contribution in [2.45, 2.75) is 6.54 Å². The second kappa shape index (κ2) is 8.22. The van der Waals surface area contributed by atoms with Gasteiger partial charge in [-0.15, -0.1) is 0 Å². The zero-order valence-electron chi connectivity index (χ0n) is 15.1. The first kappa shape index (κ1) is 18.9. The number of hydrogen-bond donors (Lipinski definition) is 2. The molecule has 0 spiro atoms. The number of ether oxygens (including phenoxy) is 1. The van der Waals surface area contributed by atoms with Crippen LogP contribution in [0.3, 0.4) is 0 Å². The number of aromatic amines is 1. The highest BCUT2D eigenvalue weighted by Gasteiger charge is 2.09. The Bertz CT molecular complexity index is 1220. The molecule has 7 nitrogen and oxygen atoms in total. The van der Waals surface area contributed by atoms with Gasteiger partial charge in [0.2, 0.25) is 0 Å². The Morgan fingerprint density at radius 1 is 1.04 bits per heavy atom. The van der Waals surface area contributed by atoms with Crippen LogP contribution >= 0.6 is 0 Å². The number of nitrogens with zero attached hydrogens (tertiary/aromatic N) is 1. The molecule has 1 aromatic heterocycles. The van der Waals surface area contributed by atoms with E-state index >= 15 is 0 Å². The molecule has 0 saturated heterocycles. The third kappa shape index (κ3) is 4.27. The molecule has 28 heavy (non-hydrogen) atoms. The third-order valence-electron chi connectivity index (χ3n) is 4.07. The van der Waals surface area contributed by atoms with Crippen molar-refractivity contribution in [3.05, 3.63) is 97.1 Å². The molecule has 0 unspecified atom stereocenters. The van der Waals surface area contributed by atoms with Gasteiger partial charge in [0.05, 0.1) is 7.11 Å². The van der Waals surface area contributed by atoms with Crippen molar-refractivity contribution in [1.29, 1.82) is 0 Å². The van der Waals surface area contributed by atoms with Crippen LogP contribution in [-0.4, -0.2) is 27.7 Å².